The molecule has 1 heterocycles. The third kappa shape index (κ3) is 3.15. The topological polar surface area (TPSA) is 49.6 Å². The summed E-state index contributed by atoms with van der Waals surface area (Å²) in [5, 5.41) is 0. The summed E-state index contributed by atoms with van der Waals surface area (Å²) in [6, 6.07) is -0.0767. The van der Waals surface area contributed by atoms with Crippen molar-refractivity contribution in [2.24, 2.45) is 11.7 Å². The Hall–Kier alpha value is -0.680. The Labute approximate surface area is 103 Å². The number of likely N-dealkylation sites (N-methyl/N-ethyl adjacent to an activating group) is 1. The van der Waals surface area contributed by atoms with Gasteiger partial charge in [-0.2, -0.15) is 0 Å². The monoisotopic (exact) mass is 243 g/mol. The van der Waals surface area contributed by atoms with Gasteiger partial charge in [-0.15, -0.1) is 0 Å². The Bertz CT molecular complexity index is 280. The predicted molar refractivity (Wildman–Crippen MR) is 69.2 cm³/mol. The van der Waals surface area contributed by atoms with Gasteiger partial charge in [0.25, 0.3) is 0 Å². The molecule has 1 fully saturated rings. The summed E-state index contributed by atoms with van der Waals surface area (Å²) in [5.41, 5.74) is 5.67. The molecular formula is C11H21N3OS. The van der Waals surface area contributed by atoms with Crippen LogP contribution in [0.2, 0.25) is 0 Å². The first-order chi connectivity index (χ1) is 7.43. The molecule has 5 heteroatoms. The normalized spacial score (nSPS) is 23.8. The van der Waals surface area contributed by atoms with Crippen LogP contribution >= 0.6 is 12.2 Å². The third-order valence-corrected chi connectivity index (χ3v) is 3.53. The molecule has 1 rings (SSSR count). The van der Waals surface area contributed by atoms with Crippen LogP contribution in [0.1, 0.15) is 19.8 Å². The van der Waals surface area contributed by atoms with Crippen molar-refractivity contribution in [3.05, 3.63) is 0 Å². The highest BCUT2D eigenvalue weighted by atomic mass is 32.1. The minimum atomic E-state index is -0.0767. The summed E-state index contributed by atoms with van der Waals surface area (Å²) in [6.07, 6.45) is 2.11. The maximum absolute atomic E-state index is 11.8. The maximum atomic E-state index is 11.8. The average molecular weight is 243 g/mol. The maximum Gasteiger partial charge on any atom is 0.239 e. The lowest BCUT2D eigenvalue weighted by Crippen LogP contribution is -2.50. The number of piperidine rings is 1. The Balaban J connectivity index is 2.59. The molecule has 2 unspecified atom stereocenters. The number of rotatable bonds is 3. The molecule has 16 heavy (non-hydrogen) atoms. The molecule has 92 valence electrons. The summed E-state index contributed by atoms with van der Waals surface area (Å²) < 4.78 is 0. The number of hydrogen-bond donors (Lipinski definition) is 1. The lowest BCUT2D eigenvalue weighted by atomic mass is 9.97. The van der Waals surface area contributed by atoms with Crippen molar-refractivity contribution in [1.82, 2.24) is 9.80 Å². The van der Waals surface area contributed by atoms with Crippen LogP contribution in [0.15, 0.2) is 0 Å². The highest BCUT2D eigenvalue weighted by Crippen LogP contribution is 2.19. The molecule has 1 aliphatic heterocycles. The van der Waals surface area contributed by atoms with Crippen LogP contribution in [-0.2, 0) is 4.79 Å². The van der Waals surface area contributed by atoms with Gasteiger partial charge in [-0.3, -0.25) is 9.69 Å². The fourth-order valence-corrected chi connectivity index (χ4v) is 2.31. The van der Waals surface area contributed by atoms with Crippen molar-refractivity contribution in [2.75, 3.05) is 27.2 Å². The van der Waals surface area contributed by atoms with Crippen LogP contribution in [0.25, 0.3) is 0 Å². The molecule has 4 nitrogen and oxygen atoms in total. The zero-order valence-corrected chi connectivity index (χ0v) is 11.1. The van der Waals surface area contributed by atoms with E-state index in [1.807, 2.05) is 6.92 Å². The number of amides is 1. The molecule has 0 spiro atoms. The van der Waals surface area contributed by atoms with Crippen LogP contribution in [0, 0.1) is 5.92 Å². The minimum Gasteiger partial charge on any atom is -0.393 e. The van der Waals surface area contributed by atoms with E-state index in [0.717, 1.165) is 25.9 Å². The number of likely N-dealkylation sites (tertiary alicyclic amines) is 1. The average Bonchev–Trinajstić information content (AvgIpc) is 2.27. The van der Waals surface area contributed by atoms with Gasteiger partial charge < -0.3 is 10.6 Å². The highest BCUT2D eigenvalue weighted by Gasteiger charge is 2.28. The summed E-state index contributed by atoms with van der Waals surface area (Å²) in [4.78, 5) is 16.2. The Morgan fingerprint density at radius 3 is 2.69 bits per heavy atom. The van der Waals surface area contributed by atoms with Gasteiger partial charge in [-0.05, 0) is 26.3 Å². The van der Waals surface area contributed by atoms with Crippen LogP contribution in [0.3, 0.4) is 0 Å². The van der Waals surface area contributed by atoms with Crippen LogP contribution in [0.4, 0.5) is 0 Å². The summed E-state index contributed by atoms with van der Waals surface area (Å²) in [6.45, 7) is 3.72. The summed E-state index contributed by atoms with van der Waals surface area (Å²) in [7, 11) is 3.57. The van der Waals surface area contributed by atoms with Gasteiger partial charge in [-0.1, -0.05) is 12.2 Å². The number of nitrogens with two attached hydrogens (primary N) is 1. The van der Waals surface area contributed by atoms with Crippen molar-refractivity contribution in [3.63, 3.8) is 0 Å². The number of thiocarbonyl (C=S) groups is 1. The fraction of sp³-hybridized carbons (Fsp3) is 0.818. The lowest BCUT2D eigenvalue weighted by molar-refractivity contribution is -0.134. The molecule has 0 aromatic carbocycles. The molecule has 0 radical (unpaired) electrons. The van der Waals surface area contributed by atoms with Gasteiger partial charge in [0.1, 0.15) is 0 Å². The van der Waals surface area contributed by atoms with Crippen LogP contribution in [0.5, 0.6) is 0 Å². The lowest BCUT2D eigenvalue weighted by Gasteiger charge is -2.36. The van der Waals surface area contributed by atoms with E-state index in [1.54, 1.807) is 19.0 Å². The first kappa shape index (κ1) is 13.4. The van der Waals surface area contributed by atoms with E-state index in [0.29, 0.717) is 4.99 Å². The predicted octanol–water partition coefficient (Wildman–Crippen LogP) is 0.461. The first-order valence-corrected chi connectivity index (χ1v) is 6.09. The van der Waals surface area contributed by atoms with Crippen molar-refractivity contribution >= 4 is 23.1 Å². The first-order valence-electron chi connectivity index (χ1n) is 5.68. The van der Waals surface area contributed by atoms with Crippen molar-refractivity contribution in [1.29, 1.82) is 0 Å². The van der Waals surface area contributed by atoms with Crippen molar-refractivity contribution < 1.29 is 4.79 Å². The highest BCUT2D eigenvalue weighted by molar-refractivity contribution is 7.80. The van der Waals surface area contributed by atoms with E-state index in [1.165, 1.54) is 0 Å². The van der Waals surface area contributed by atoms with E-state index in [2.05, 4.69) is 4.90 Å². The molecule has 2 N–H and O–H groups in total. The summed E-state index contributed by atoms with van der Waals surface area (Å²) >= 11 is 5.03. The molecule has 1 amide bonds. The molecule has 0 aliphatic carbocycles. The Kier molecular flexibility index (Phi) is 4.68. The van der Waals surface area contributed by atoms with E-state index >= 15 is 0 Å². The number of hydrogen-bond acceptors (Lipinski definition) is 3. The smallest absolute Gasteiger partial charge is 0.239 e. The van der Waals surface area contributed by atoms with Crippen LogP contribution in [-0.4, -0.2) is 53.9 Å². The zero-order chi connectivity index (χ0) is 12.3. The molecule has 0 aromatic heterocycles. The van der Waals surface area contributed by atoms with Gasteiger partial charge >= 0.3 is 0 Å². The van der Waals surface area contributed by atoms with Gasteiger partial charge in [-0.25, -0.2) is 0 Å². The van der Waals surface area contributed by atoms with Gasteiger partial charge in [0, 0.05) is 26.6 Å². The van der Waals surface area contributed by atoms with E-state index in [9.17, 15) is 4.79 Å². The quantitative estimate of drug-likeness (QED) is 0.732. The molecule has 0 saturated carbocycles. The fourth-order valence-electron chi connectivity index (χ4n) is 2.12. The van der Waals surface area contributed by atoms with Gasteiger partial charge in [0.05, 0.1) is 11.0 Å². The van der Waals surface area contributed by atoms with E-state index in [4.69, 9.17) is 18.0 Å². The standard InChI is InChI=1S/C11H21N3OS/c1-8(11(15)13(2)3)14-6-4-5-9(7-14)10(12)16/h8-9H,4-7H2,1-3H3,(H2,12,16). The Morgan fingerprint density at radius 1 is 1.56 bits per heavy atom. The molecule has 0 bridgehead atoms. The van der Waals surface area contributed by atoms with E-state index < -0.39 is 0 Å². The second kappa shape index (κ2) is 5.59. The zero-order valence-electron chi connectivity index (χ0n) is 10.3. The second-order valence-corrected chi connectivity index (χ2v) is 5.12. The minimum absolute atomic E-state index is 0.0767. The van der Waals surface area contributed by atoms with Gasteiger partial charge in [0.2, 0.25) is 5.91 Å². The van der Waals surface area contributed by atoms with Crippen molar-refractivity contribution in [3.8, 4) is 0 Å². The van der Waals surface area contributed by atoms with Crippen molar-refractivity contribution in [2.45, 2.75) is 25.8 Å². The summed E-state index contributed by atoms with van der Waals surface area (Å²) in [5.74, 6) is 0.407. The molecule has 1 aliphatic rings. The van der Waals surface area contributed by atoms with Gasteiger partial charge in [0.15, 0.2) is 0 Å². The second-order valence-electron chi connectivity index (χ2n) is 4.65. The largest absolute Gasteiger partial charge is 0.393 e. The number of carbonyl (C=O) groups excluding carboxylic acids is 1. The molecule has 2 atom stereocenters. The molecule has 1 saturated heterocycles. The molecule has 0 aromatic rings. The van der Waals surface area contributed by atoms with E-state index in [-0.39, 0.29) is 17.9 Å². The van der Waals surface area contributed by atoms with Crippen LogP contribution < -0.4 is 5.73 Å². The number of carbonyl (C=O) groups is 1. The third-order valence-electron chi connectivity index (χ3n) is 3.20. The number of nitrogens with zero attached hydrogens (tertiary/aromatic N) is 2. The Morgan fingerprint density at radius 2 is 2.19 bits per heavy atom. The SMILES string of the molecule is CC(C(=O)N(C)C)N1CCCC(C(N)=S)C1. The molecular weight excluding hydrogens is 222 g/mol.